The van der Waals surface area contributed by atoms with E-state index < -0.39 is 5.97 Å². The highest BCUT2D eigenvalue weighted by atomic mass is 79.9. The third kappa shape index (κ3) is 2.32. The fourth-order valence-electron chi connectivity index (χ4n) is 2.20. The highest BCUT2D eigenvalue weighted by Crippen LogP contribution is 2.23. The van der Waals surface area contributed by atoms with Crippen LogP contribution in [-0.4, -0.2) is 20.9 Å². The lowest BCUT2D eigenvalue weighted by molar-refractivity contribution is -0.136. The molecule has 0 saturated heterocycles. The summed E-state index contributed by atoms with van der Waals surface area (Å²) in [6.07, 6.45) is -0.0590. The Kier molecular flexibility index (Phi) is 3.28. The molecule has 0 saturated carbocycles. The molecule has 0 fully saturated rings. The van der Waals surface area contributed by atoms with Crippen LogP contribution in [0.2, 0.25) is 0 Å². The number of benzene rings is 2. The van der Waals surface area contributed by atoms with Crippen LogP contribution in [0.25, 0.3) is 16.6 Å². The molecule has 0 unspecified atom stereocenters. The minimum absolute atomic E-state index is 0.0590. The van der Waals surface area contributed by atoms with E-state index in [0.29, 0.717) is 5.69 Å². The van der Waals surface area contributed by atoms with Gasteiger partial charge in [-0.3, -0.25) is 4.79 Å². The first-order valence-corrected chi connectivity index (χ1v) is 6.89. The molecular formula is C15H11BrN2O2. The Bertz CT molecular complexity index is 778. The summed E-state index contributed by atoms with van der Waals surface area (Å²) in [5, 5.41) is 14.5. The van der Waals surface area contributed by atoms with E-state index in [-0.39, 0.29) is 6.42 Å². The van der Waals surface area contributed by atoms with E-state index in [1.807, 2.05) is 48.5 Å². The highest BCUT2D eigenvalue weighted by molar-refractivity contribution is 9.10. The predicted octanol–water partition coefficient (Wildman–Crippen LogP) is 3.42. The number of halogens is 1. The standard InChI is InChI=1S/C15H11BrN2O2/c16-10-5-7-11(8-6-10)18-14(9-15(19)20)12-3-1-2-4-13(12)17-18/h1-8H,9H2,(H,19,20). The average molecular weight is 331 g/mol. The Labute approximate surface area is 123 Å². The Hall–Kier alpha value is -2.14. The fourth-order valence-corrected chi connectivity index (χ4v) is 2.46. The van der Waals surface area contributed by atoms with Gasteiger partial charge in [-0.1, -0.05) is 34.1 Å². The lowest BCUT2D eigenvalue weighted by Gasteiger charge is -2.06. The van der Waals surface area contributed by atoms with Crippen molar-refractivity contribution in [2.75, 3.05) is 0 Å². The molecule has 0 amide bonds. The van der Waals surface area contributed by atoms with Crippen LogP contribution in [0.1, 0.15) is 5.69 Å². The van der Waals surface area contributed by atoms with E-state index in [4.69, 9.17) is 5.11 Å². The molecule has 2 aromatic carbocycles. The number of fused-ring (bicyclic) bond motifs is 1. The monoisotopic (exact) mass is 330 g/mol. The zero-order valence-corrected chi connectivity index (χ0v) is 12.0. The van der Waals surface area contributed by atoms with Gasteiger partial charge in [0.25, 0.3) is 0 Å². The van der Waals surface area contributed by atoms with Crippen LogP contribution >= 0.6 is 15.9 Å². The molecule has 0 aliphatic heterocycles. The van der Waals surface area contributed by atoms with Crippen LogP contribution in [0.4, 0.5) is 0 Å². The second kappa shape index (κ2) is 5.09. The minimum atomic E-state index is -0.867. The Morgan fingerprint density at radius 3 is 2.55 bits per heavy atom. The van der Waals surface area contributed by atoms with Gasteiger partial charge >= 0.3 is 5.97 Å². The molecule has 1 N–H and O–H groups in total. The van der Waals surface area contributed by atoms with Crippen molar-refractivity contribution in [3.8, 4) is 5.69 Å². The van der Waals surface area contributed by atoms with Gasteiger partial charge in [0.1, 0.15) is 0 Å². The van der Waals surface area contributed by atoms with Crippen LogP contribution in [0.5, 0.6) is 0 Å². The van der Waals surface area contributed by atoms with Crippen LogP contribution < -0.4 is 0 Å². The number of aromatic nitrogens is 2. The SMILES string of the molecule is O=C(O)Cc1c2ccccc2nn1-c1ccc(Br)cc1. The number of hydrogen-bond donors (Lipinski definition) is 1. The van der Waals surface area contributed by atoms with E-state index in [9.17, 15) is 4.79 Å². The molecule has 0 atom stereocenters. The summed E-state index contributed by atoms with van der Waals surface area (Å²) in [4.78, 5) is 11.1. The summed E-state index contributed by atoms with van der Waals surface area (Å²) in [5.74, 6) is -0.867. The normalized spacial score (nSPS) is 10.8. The summed E-state index contributed by atoms with van der Waals surface area (Å²) in [6.45, 7) is 0. The van der Waals surface area contributed by atoms with Gasteiger partial charge in [-0.05, 0) is 30.3 Å². The number of rotatable bonds is 3. The molecule has 0 radical (unpaired) electrons. The molecular weight excluding hydrogens is 320 g/mol. The summed E-state index contributed by atoms with van der Waals surface area (Å²) in [5.41, 5.74) is 2.34. The second-order valence-electron chi connectivity index (χ2n) is 4.42. The quantitative estimate of drug-likeness (QED) is 0.800. The van der Waals surface area contributed by atoms with Crippen molar-refractivity contribution in [3.63, 3.8) is 0 Å². The first-order valence-electron chi connectivity index (χ1n) is 6.09. The first-order chi connectivity index (χ1) is 9.65. The maximum Gasteiger partial charge on any atom is 0.309 e. The highest BCUT2D eigenvalue weighted by Gasteiger charge is 2.15. The van der Waals surface area contributed by atoms with Crippen LogP contribution in [0, 0.1) is 0 Å². The molecule has 20 heavy (non-hydrogen) atoms. The smallest absolute Gasteiger partial charge is 0.309 e. The fraction of sp³-hybridized carbons (Fsp3) is 0.0667. The molecule has 3 aromatic rings. The van der Waals surface area contributed by atoms with Gasteiger partial charge in [0.05, 0.1) is 23.3 Å². The second-order valence-corrected chi connectivity index (χ2v) is 5.34. The molecule has 0 aliphatic rings. The molecule has 1 aromatic heterocycles. The van der Waals surface area contributed by atoms with E-state index in [1.54, 1.807) is 4.68 Å². The first kappa shape index (κ1) is 12.9. The number of carboxylic acid groups (broad SMARTS) is 1. The van der Waals surface area contributed by atoms with Crippen molar-refractivity contribution in [1.29, 1.82) is 0 Å². The average Bonchev–Trinajstić information content (AvgIpc) is 2.78. The summed E-state index contributed by atoms with van der Waals surface area (Å²) < 4.78 is 2.67. The number of carboxylic acids is 1. The molecule has 0 aliphatic carbocycles. The van der Waals surface area contributed by atoms with Crippen molar-refractivity contribution >= 4 is 32.8 Å². The van der Waals surface area contributed by atoms with Crippen LogP contribution in [0.3, 0.4) is 0 Å². The number of nitrogens with zero attached hydrogens (tertiary/aromatic N) is 2. The van der Waals surface area contributed by atoms with Crippen LogP contribution in [-0.2, 0) is 11.2 Å². The molecule has 100 valence electrons. The Balaban J connectivity index is 2.23. The molecule has 1 heterocycles. The number of aliphatic carboxylic acids is 1. The van der Waals surface area contributed by atoms with Gasteiger partial charge in [-0.25, -0.2) is 4.68 Å². The molecule has 0 bridgehead atoms. The van der Waals surface area contributed by atoms with Gasteiger partial charge in [0.2, 0.25) is 0 Å². The van der Waals surface area contributed by atoms with E-state index in [0.717, 1.165) is 21.1 Å². The molecule has 5 heteroatoms. The van der Waals surface area contributed by atoms with Crippen molar-refractivity contribution in [1.82, 2.24) is 9.78 Å². The number of hydrogen-bond acceptors (Lipinski definition) is 2. The van der Waals surface area contributed by atoms with Crippen molar-refractivity contribution < 1.29 is 9.90 Å². The zero-order valence-electron chi connectivity index (χ0n) is 10.5. The summed E-state index contributed by atoms with van der Waals surface area (Å²) in [6, 6.07) is 15.2. The lowest BCUT2D eigenvalue weighted by Crippen LogP contribution is -2.08. The van der Waals surface area contributed by atoms with Crippen molar-refractivity contribution in [2.24, 2.45) is 0 Å². The Morgan fingerprint density at radius 1 is 1.15 bits per heavy atom. The lowest BCUT2D eigenvalue weighted by atomic mass is 10.1. The Morgan fingerprint density at radius 2 is 1.85 bits per heavy atom. The molecule has 0 spiro atoms. The van der Waals surface area contributed by atoms with Gasteiger partial charge in [0.15, 0.2) is 0 Å². The van der Waals surface area contributed by atoms with Crippen molar-refractivity contribution in [3.05, 3.63) is 58.7 Å². The largest absolute Gasteiger partial charge is 0.481 e. The number of carbonyl (C=O) groups is 1. The van der Waals surface area contributed by atoms with E-state index in [1.165, 1.54) is 0 Å². The predicted molar refractivity (Wildman–Crippen MR) is 80.1 cm³/mol. The van der Waals surface area contributed by atoms with E-state index >= 15 is 0 Å². The van der Waals surface area contributed by atoms with Gasteiger partial charge in [0, 0.05) is 9.86 Å². The van der Waals surface area contributed by atoms with Gasteiger partial charge < -0.3 is 5.11 Å². The zero-order chi connectivity index (χ0) is 14.1. The van der Waals surface area contributed by atoms with Gasteiger partial charge in [-0.2, -0.15) is 5.10 Å². The third-order valence-electron chi connectivity index (χ3n) is 3.07. The maximum atomic E-state index is 11.1. The topological polar surface area (TPSA) is 55.1 Å². The summed E-state index contributed by atoms with van der Waals surface area (Å²) >= 11 is 3.39. The summed E-state index contributed by atoms with van der Waals surface area (Å²) in [7, 11) is 0. The third-order valence-corrected chi connectivity index (χ3v) is 3.60. The van der Waals surface area contributed by atoms with E-state index in [2.05, 4.69) is 21.0 Å². The van der Waals surface area contributed by atoms with Crippen molar-refractivity contribution in [2.45, 2.75) is 6.42 Å². The minimum Gasteiger partial charge on any atom is -0.481 e. The van der Waals surface area contributed by atoms with Crippen LogP contribution in [0.15, 0.2) is 53.0 Å². The maximum absolute atomic E-state index is 11.1. The molecule has 3 rings (SSSR count). The molecule has 4 nitrogen and oxygen atoms in total. The van der Waals surface area contributed by atoms with Gasteiger partial charge in [-0.15, -0.1) is 0 Å².